The molecule has 0 spiro atoms. The molecule has 1 aliphatic rings. The molecule has 0 bridgehead atoms. The largest absolute Gasteiger partial charge is 0.384 e. The molecule has 98 valence electrons. The highest BCUT2D eigenvalue weighted by Gasteiger charge is 2.19. The van der Waals surface area contributed by atoms with Gasteiger partial charge in [0.05, 0.1) is 0 Å². The first kappa shape index (κ1) is 12.9. The molecule has 1 N–H and O–H groups in total. The Morgan fingerprint density at radius 1 is 0.895 bits per heavy atom. The van der Waals surface area contributed by atoms with Crippen LogP contribution in [0.2, 0.25) is 0 Å². The highest BCUT2D eigenvalue weighted by Crippen LogP contribution is 2.36. The normalized spacial score (nSPS) is 16.9. The minimum absolute atomic E-state index is 0.538. The average Bonchev–Trinajstić information content (AvgIpc) is 2.38. The fourth-order valence-corrected chi connectivity index (χ4v) is 2.79. The van der Waals surface area contributed by atoms with Gasteiger partial charge in [0.1, 0.15) is 6.10 Å². The molecule has 1 saturated carbocycles. The van der Waals surface area contributed by atoms with Crippen LogP contribution in [0.4, 0.5) is 0 Å². The molecule has 0 aliphatic heterocycles. The Bertz CT molecular complexity index is 540. The first-order valence-corrected chi connectivity index (χ1v) is 7.57. The van der Waals surface area contributed by atoms with Crippen molar-refractivity contribution in [2.24, 2.45) is 0 Å². The SMILES string of the molecule is OC(c1ccc(Br)cc1)c1ccc(C2CCC2)cc1. The van der Waals surface area contributed by atoms with Crippen LogP contribution in [-0.2, 0) is 0 Å². The minimum Gasteiger partial charge on any atom is -0.384 e. The van der Waals surface area contributed by atoms with Crippen molar-refractivity contribution in [1.82, 2.24) is 0 Å². The maximum atomic E-state index is 10.4. The van der Waals surface area contributed by atoms with Gasteiger partial charge in [0.2, 0.25) is 0 Å². The van der Waals surface area contributed by atoms with E-state index in [9.17, 15) is 5.11 Å². The fourth-order valence-electron chi connectivity index (χ4n) is 2.53. The predicted molar refractivity (Wildman–Crippen MR) is 81.2 cm³/mol. The fraction of sp³-hybridized carbons (Fsp3) is 0.294. The smallest absolute Gasteiger partial charge is 0.104 e. The number of aliphatic hydroxyl groups is 1. The number of aliphatic hydroxyl groups excluding tert-OH is 1. The third-order valence-corrected chi connectivity index (χ3v) is 4.54. The predicted octanol–water partition coefficient (Wildman–Crippen LogP) is 4.80. The van der Waals surface area contributed by atoms with E-state index in [0.717, 1.165) is 21.5 Å². The zero-order chi connectivity index (χ0) is 13.2. The van der Waals surface area contributed by atoms with E-state index in [0.29, 0.717) is 0 Å². The van der Waals surface area contributed by atoms with Crippen LogP contribution in [0.5, 0.6) is 0 Å². The van der Waals surface area contributed by atoms with Gasteiger partial charge in [0.15, 0.2) is 0 Å². The van der Waals surface area contributed by atoms with Crippen molar-refractivity contribution in [3.8, 4) is 0 Å². The molecule has 1 unspecified atom stereocenters. The summed E-state index contributed by atoms with van der Waals surface area (Å²) in [6, 6.07) is 16.3. The highest BCUT2D eigenvalue weighted by molar-refractivity contribution is 9.10. The van der Waals surface area contributed by atoms with Crippen molar-refractivity contribution >= 4 is 15.9 Å². The Balaban J connectivity index is 1.79. The lowest BCUT2D eigenvalue weighted by Crippen LogP contribution is -2.08. The maximum absolute atomic E-state index is 10.4. The van der Waals surface area contributed by atoms with Gasteiger partial charge < -0.3 is 5.11 Å². The first-order valence-electron chi connectivity index (χ1n) is 6.77. The van der Waals surface area contributed by atoms with Crippen LogP contribution in [0.15, 0.2) is 53.0 Å². The number of halogens is 1. The Labute approximate surface area is 122 Å². The number of hydrogen-bond acceptors (Lipinski definition) is 1. The molecule has 1 aliphatic carbocycles. The van der Waals surface area contributed by atoms with Gasteiger partial charge in [0, 0.05) is 4.47 Å². The minimum atomic E-state index is -0.538. The van der Waals surface area contributed by atoms with E-state index in [4.69, 9.17) is 0 Å². The zero-order valence-corrected chi connectivity index (χ0v) is 12.3. The van der Waals surface area contributed by atoms with E-state index < -0.39 is 6.10 Å². The van der Waals surface area contributed by atoms with Crippen molar-refractivity contribution in [3.63, 3.8) is 0 Å². The van der Waals surface area contributed by atoms with Gasteiger partial charge >= 0.3 is 0 Å². The summed E-state index contributed by atoms with van der Waals surface area (Å²) in [5.74, 6) is 0.749. The molecule has 19 heavy (non-hydrogen) atoms. The van der Waals surface area contributed by atoms with Crippen molar-refractivity contribution in [2.75, 3.05) is 0 Å². The van der Waals surface area contributed by atoms with Crippen LogP contribution in [0.25, 0.3) is 0 Å². The summed E-state index contributed by atoms with van der Waals surface area (Å²) < 4.78 is 1.03. The summed E-state index contributed by atoms with van der Waals surface area (Å²) in [5, 5.41) is 10.4. The lowest BCUT2D eigenvalue weighted by atomic mass is 9.80. The lowest BCUT2D eigenvalue weighted by Gasteiger charge is -2.26. The van der Waals surface area contributed by atoms with Crippen LogP contribution in [0.1, 0.15) is 48.0 Å². The monoisotopic (exact) mass is 316 g/mol. The van der Waals surface area contributed by atoms with Crippen molar-refractivity contribution in [2.45, 2.75) is 31.3 Å². The lowest BCUT2D eigenvalue weighted by molar-refractivity contribution is 0.220. The standard InChI is InChI=1S/C17H17BrO/c18-16-10-8-15(9-11-16)17(19)14-6-4-13(5-7-14)12-2-1-3-12/h4-12,17,19H,1-3H2. The van der Waals surface area contributed by atoms with E-state index in [1.54, 1.807) is 0 Å². The third-order valence-electron chi connectivity index (χ3n) is 4.01. The van der Waals surface area contributed by atoms with Gasteiger partial charge in [-0.05, 0) is 47.6 Å². The van der Waals surface area contributed by atoms with Gasteiger partial charge in [-0.25, -0.2) is 0 Å². The highest BCUT2D eigenvalue weighted by atomic mass is 79.9. The topological polar surface area (TPSA) is 20.2 Å². The number of rotatable bonds is 3. The van der Waals surface area contributed by atoms with E-state index in [1.165, 1.54) is 24.8 Å². The van der Waals surface area contributed by atoms with Crippen LogP contribution >= 0.6 is 15.9 Å². The van der Waals surface area contributed by atoms with E-state index in [2.05, 4.69) is 40.2 Å². The second kappa shape index (κ2) is 5.48. The summed E-state index contributed by atoms with van der Waals surface area (Å²) in [5.41, 5.74) is 3.31. The Kier molecular flexibility index (Phi) is 3.72. The average molecular weight is 317 g/mol. The Morgan fingerprint density at radius 3 is 1.89 bits per heavy atom. The molecule has 1 atom stereocenters. The van der Waals surface area contributed by atoms with Gasteiger partial charge in [-0.15, -0.1) is 0 Å². The van der Waals surface area contributed by atoms with Crippen LogP contribution < -0.4 is 0 Å². The molecule has 0 saturated heterocycles. The molecule has 1 nitrogen and oxygen atoms in total. The maximum Gasteiger partial charge on any atom is 0.104 e. The molecule has 0 aromatic heterocycles. The Hall–Kier alpha value is -1.12. The van der Waals surface area contributed by atoms with Gasteiger partial charge in [-0.1, -0.05) is 58.7 Å². The summed E-state index contributed by atoms with van der Waals surface area (Å²) in [7, 11) is 0. The van der Waals surface area contributed by atoms with Crippen LogP contribution in [0.3, 0.4) is 0 Å². The molecule has 2 aromatic rings. The van der Waals surface area contributed by atoms with Gasteiger partial charge in [-0.3, -0.25) is 0 Å². The van der Waals surface area contributed by atoms with Crippen molar-refractivity contribution in [1.29, 1.82) is 0 Å². The van der Waals surface area contributed by atoms with E-state index in [-0.39, 0.29) is 0 Å². The first-order chi connectivity index (χ1) is 9.24. The van der Waals surface area contributed by atoms with Gasteiger partial charge in [0.25, 0.3) is 0 Å². The van der Waals surface area contributed by atoms with Gasteiger partial charge in [-0.2, -0.15) is 0 Å². The number of hydrogen-bond donors (Lipinski definition) is 1. The van der Waals surface area contributed by atoms with Crippen LogP contribution in [-0.4, -0.2) is 5.11 Å². The molecule has 0 radical (unpaired) electrons. The molecular weight excluding hydrogens is 300 g/mol. The Morgan fingerprint density at radius 2 is 1.42 bits per heavy atom. The van der Waals surface area contributed by atoms with Crippen molar-refractivity contribution < 1.29 is 5.11 Å². The van der Waals surface area contributed by atoms with Crippen molar-refractivity contribution in [3.05, 3.63) is 69.7 Å². The van der Waals surface area contributed by atoms with E-state index in [1.807, 2.05) is 24.3 Å². The summed E-state index contributed by atoms with van der Waals surface area (Å²) in [4.78, 5) is 0. The summed E-state index contributed by atoms with van der Waals surface area (Å²) >= 11 is 3.41. The molecule has 0 amide bonds. The van der Waals surface area contributed by atoms with Crippen LogP contribution in [0, 0.1) is 0 Å². The molecular formula is C17H17BrO. The van der Waals surface area contributed by atoms with E-state index >= 15 is 0 Å². The summed E-state index contributed by atoms with van der Waals surface area (Å²) in [6.45, 7) is 0. The second-order valence-corrected chi connectivity index (χ2v) is 6.16. The molecule has 2 heteroatoms. The number of benzene rings is 2. The molecule has 0 heterocycles. The molecule has 1 fully saturated rings. The summed E-state index contributed by atoms with van der Waals surface area (Å²) in [6.07, 6.45) is 3.44. The molecule has 2 aromatic carbocycles. The second-order valence-electron chi connectivity index (χ2n) is 5.25. The molecule has 3 rings (SSSR count). The zero-order valence-electron chi connectivity index (χ0n) is 10.7. The quantitative estimate of drug-likeness (QED) is 0.862. The third kappa shape index (κ3) is 2.75.